The van der Waals surface area contributed by atoms with E-state index in [0.29, 0.717) is 0 Å². The highest BCUT2D eigenvalue weighted by molar-refractivity contribution is 7.97. The van der Waals surface area contributed by atoms with Crippen LogP contribution in [0.4, 0.5) is 0 Å². The van der Waals surface area contributed by atoms with Gasteiger partial charge in [-0.05, 0) is 38.1 Å². The van der Waals surface area contributed by atoms with Gasteiger partial charge in [-0.15, -0.1) is 12.6 Å². The van der Waals surface area contributed by atoms with E-state index in [1.807, 2.05) is 0 Å². The van der Waals surface area contributed by atoms with Crippen LogP contribution in [0.2, 0.25) is 0 Å². The number of rotatable bonds is 3. The monoisotopic (exact) mass is 331 g/mol. The van der Waals surface area contributed by atoms with Crippen molar-refractivity contribution in [3.63, 3.8) is 0 Å². The Labute approximate surface area is 129 Å². The first-order valence-corrected chi connectivity index (χ1v) is 8.22. The van der Waals surface area contributed by atoms with Crippen molar-refractivity contribution in [1.82, 2.24) is 4.31 Å². The van der Waals surface area contributed by atoms with Gasteiger partial charge in [-0.3, -0.25) is 4.79 Å². The maximum absolute atomic E-state index is 12.7. The Kier molecular flexibility index (Phi) is 4.34. The van der Waals surface area contributed by atoms with Gasteiger partial charge in [0, 0.05) is 6.54 Å². The number of ether oxygens (including phenoxy) is 1. The lowest BCUT2D eigenvalue weighted by atomic mass is 9.98. The zero-order chi connectivity index (χ0) is 15.8. The van der Waals surface area contributed by atoms with Crippen molar-refractivity contribution < 1.29 is 23.1 Å². The fourth-order valence-electron chi connectivity index (χ4n) is 2.39. The zero-order valence-corrected chi connectivity index (χ0v) is 13.4. The van der Waals surface area contributed by atoms with Crippen molar-refractivity contribution in [2.24, 2.45) is 0 Å². The Bertz CT molecular complexity index is 639. The number of hydrogen-bond donors (Lipinski definition) is 2. The Morgan fingerprint density at radius 2 is 1.95 bits per heavy atom. The van der Waals surface area contributed by atoms with Crippen LogP contribution in [0.1, 0.15) is 13.8 Å². The molecule has 0 unspecified atom stereocenters. The predicted molar refractivity (Wildman–Crippen MR) is 79.8 cm³/mol. The van der Waals surface area contributed by atoms with Crippen LogP contribution in [0, 0.1) is 0 Å². The fourth-order valence-corrected chi connectivity index (χ4v) is 4.61. The molecule has 0 saturated carbocycles. The van der Waals surface area contributed by atoms with Crippen molar-refractivity contribution in [1.29, 1.82) is 0 Å². The van der Waals surface area contributed by atoms with Crippen LogP contribution in [0.25, 0.3) is 0 Å². The number of hydrogen-bond acceptors (Lipinski definition) is 5. The van der Waals surface area contributed by atoms with E-state index in [1.54, 1.807) is 13.8 Å². The molecule has 1 aliphatic rings. The molecule has 0 spiro atoms. The van der Waals surface area contributed by atoms with Crippen LogP contribution in [0.5, 0.6) is 5.75 Å². The SMILES string of the molecule is CC1(C)OCCN(S(=O)(=O)c2ccc(O)cc2)[C@@H]1C(=O)S. The number of nitrogens with zero attached hydrogens (tertiary/aromatic N) is 1. The van der Waals surface area contributed by atoms with Crippen molar-refractivity contribution in [3.05, 3.63) is 24.3 Å². The maximum Gasteiger partial charge on any atom is 0.243 e. The van der Waals surface area contributed by atoms with Crippen LogP contribution in [0.15, 0.2) is 29.2 Å². The molecule has 116 valence electrons. The Morgan fingerprint density at radius 1 is 1.38 bits per heavy atom. The summed E-state index contributed by atoms with van der Waals surface area (Å²) in [6, 6.07) is 4.17. The molecule has 0 aromatic heterocycles. The molecule has 1 atom stereocenters. The summed E-state index contributed by atoms with van der Waals surface area (Å²) >= 11 is 3.81. The van der Waals surface area contributed by atoms with E-state index >= 15 is 0 Å². The number of morpholine rings is 1. The average Bonchev–Trinajstić information content (AvgIpc) is 2.37. The number of benzene rings is 1. The van der Waals surface area contributed by atoms with E-state index in [2.05, 4.69) is 12.6 Å². The smallest absolute Gasteiger partial charge is 0.243 e. The van der Waals surface area contributed by atoms with E-state index in [1.165, 1.54) is 24.3 Å². The molecule has 1 aromatic rings. The number of phenols is 1. The van der Waals surface area contributed by atoms with E-state index < -0.39 is 26.8 Å². The van der Waals surface area contributed by atoms with Crippen LogP contribution in [-0.2, 0) is 19.6 Å². The van der Waals surface area contributed by atoms with Gasteiger partial charge in [0.15, 0.2) is 0 Å². The van der Waals surface area contributed by atoms with Gasteiger partial charge in [-0.1, -0.05) is 0 Å². The molecule has 1 aliphatic heterocycles. The standard InChI is InChI=1S/C13H17NO5S2/c1-13(2)11(12(16)20)14(7-8-19-13)21(17,18)10-5-3-9(15)4-6-10/h3-6,11,15H,7-8H2,1-2H3,(H,16,20)/t11-/m1/s1. The molecule has 0 aliphatic carbocycles. The van der Waals surface area contributed by atoms with Crippen molar-refractivity contribution >= 4 is 27.8 Å². The summed E-state index contributed by atoms with van der Waals surface area (Å²) in [6.07, 6.45) is 0. The minimum atomic E-state index is -3.87. The Balaban J connectivity index is 2.46. The highest BCUT2D eigenvalue weighted by Gasteiger charge is 2.47. The highest BCUT2D eigenvalue weighted by atomic mass is 32.2. The largest absolute Gasteiger partial charge is 0.508 e. The lowest BCUT2D eigenvalue weighted by Gasteiger charge is -2.43. The first-order chi connectivity index (χ1) is 9.66. The van der Waals surface area contributed by atoms with Gasteiger partial charge in [0.1, 0.15) is 11.8 Å². The number of carbonyl (C=O) groups is 1. The summed E-state index contributed by atoms with van der Waals surface area (Å²) in [5, 5.41) is 8.69. The zero-order valence-electron chi connectivity index (χ0n) is 11.7. The van der Waals surface area contributed by atoms with Crippen LogP contribution >= 0.6 is 12.6 Å². The normalized spacial score (nSPS) is 22.9. The van der Waals surface area contributed by atoms with Crippen molar-refractivity contribution in [3.8, 4) is 5.75 Å². The molecule has 0 bridgehead atoms. The minimum Gasteiger partial charge on any atom is -0.508 e. The molecule has 0 amide bonds. The molecule has 1 heterocycles. The van der Waals surface area contributed by atoms with Gasteiger partial charge in [-0.2, -0.15) is 4.31 Å². The Morgan fingerprint density at radius 3 is 2.48 bits per heavy atom. The van der Waals surface area contributed by atoms with Gasteiger partial charge < -0.3 is 9.84 Å². The average molecular weight is 331 g/mol. The topological polar surface area (TPSA) is 83.9 Å². The van der Waals surface area contributed by atoms with E-state index in [9.17, 15) is 18.3 Å². The van der Waals surface area contributed by atoms with E-state index in [-0.39, 0.29) is 23.8 Å². The molecular weight excluding hydrogens is 314 g/mol. The molecular formula is C13H17NO5S2. The van der Waals surface area contributed by atoms with E-state index in [4.69, 9.17) is 4.74 Å². The first-order valence-electron chi connectivity index (χ1n) is 6.34. The third kappa shape index (κ3) is 3.08. The predicted octanol–water partition coefficient (Wildman–Crippen LogP) is 1.02. The maximum atomic E-state index is 12.7. The second-order valence-electron chi connectivity index (χ2n) is 5.30. The first kappa shape index (κ1) is 16.3. The van der Waals surface area contributed by atoms with Gasteiger partial charge in [0.2, 0.25) is 15.1 Å². The molecule has 0 radical (unpaired) electrons. The molecule has 1 saturated heterocycles. The molecule has 2 rings (SSSR count). The number of carbonyl (C=O) groups excluding carboxylic acids is 1. The lowest BCUT2D eigenvalue weighted by molar-refractivity contribution is -0.136. The van der Waals surface area contributed by atoms with Crippen LogP contribution < -0.4 is 0 Å². The molecule has 21 heavy (non-hydrogen) atoms. The van der Waals surface area contributed by atoms with Gasteiger partial charge in [0.25, 0.3) is 0 Å². The lowest BCUT2D eigenvalue weighted by Crippen LogP contribution is -2.61. The van der Waals surface area contributed by atoms with Crippen LogP contribution in [-0.4, -0.2) is 47.7 Å². The minimum absolute atomic E-state index is 0.0117. The van der Waals surface area contributed by atoms with Gasteiger partial charge in [-0.25, -0.2) is 8.42 Å². The second-order valence-corrected chi connectivity index (χ2v) is 7.63. The van der Waals surface area contributed by atoms with Gasteiger partial charge >= 0.3 is 0 Å². The number of aromatic hydroxyl groups is 1. The molecule has 1 fully saturated rings. The number of thiol groups is 1. The quantitative estimate of drug-likeness (QED) is 0.808. The third-order valence-electron chi connectivity index (χ3n) is 3.41. The number of sulfonamides is 1. The molecule has 6 nitrogen and oxygen atoms in total. The second kappa shape index (κ2) is 5.60. The van der Waals surface area contributed by atoms with Gasteiger partial charge in [0.05, 0.1) is 17.1 Å². The summed E-state index contributed by atoms with van der Waals surface area (Å²) in [5.41, 5.74) is -0.957. The van der Waals surface area contributed by atoms with Crippen molar-refractivity contribution in [2.45, 2.75) is 30.4 Å². The third-order valence-corrected chi connectivity index (χ3v) is 5.53. The highest BCUT2D eigenvalue weighted by Crippen LogP contribution is 2.31. The summed E-state index contributed by atoms with van der Waals surface area (Å²) < 4.78 is 32.0. The summed E-state index contributed by atoms with van der Waals surface area (Å²) in [7, 11) is -3.87. The molecule has 1 N–H and O–H groups in total. The summed E-state index contributed by atoms with van der Waals surface area (Å²) in [4.78, 5) is 11.8. The molecule has 8 heteroatoms. The van der Waals surface area contributed by atoms with E-state index in [0.717, 1.165) is 4.31 Å². The van der Waals surface area contributed by atoms with Crippen molar-refractivity contribution in [2.75, 3.05) is 13.2 Å². The fraction of sp³-hybridized carbons (Fsp3) is 0.462. The number of phenolic OH excluding ortho intramolecular Hbond substituents is 1. The van der Waals surface area contributed by atoms with Crippen LogP contribution in [0.3, 0.4) is 0 Å². The summed E-state index contributed by atoms with van der Waals surface area (Å²) in [6.45, 7) is 3.58. The Hall–Kier alpha value is -1.09. The molecule has 1 aromatic carbocycles. The summed E-state index contributed by atoms with van der Waals surface area (Å²) in [5.74, 6) is -0.0296.